The van der Waals surface area contributed by atoms with Crippen LogP contribution in [-0.2, 0) is 41.8 Å². The molecule has 1 saturated carbocycles. The van der Waals surface area contributed by atoms with Crippen molar-refractivity contribution in [2.24, 2.45) is 0 Å². The van der Waals surface area contributed by atoms with Crippen molar-refractivity contribution in [1.82, 2.24) is 0 Å². The maximum atomic E-state index is 13.0. The molecule has 0 heterocycles. The number of rotatable bonds is 38. The molecule has 0 bridgehead atoms. The Morgan fingerprint density at radius 3 is 1.54 bits per heavy atom. The summed E-state index contributed by atoms with van der Waals surface area (Å²) in [7, 11) is -10.8. The monoisotopic (exact) mass is 1000 g/mol. The Labute approximate surface area is 403 Å². The SMILES string of the molecule is CCCCC/C=C\C/C=C\C/C=C\C/C=C\CCCC(=O)OC[C@H](COP(=O)(O)O[C@H]1C(O)C(O)C(O)[C@@H](OP(=O)(O)O)C1O)OC(=O)CCC/C=C/C=C\C(O)C/C=C\C/C=C\CCCCC. The van der Waals surface area contributed by atoms with E-state index in [4.69, 9.17) is 18.5 Å². The van der Waals surface area contributed by atoms with Crippen LogP contribution in [0.25, 0.3) is 0 Å². The highest BCUT2D eigenvalue weighted by molar-refractivity contribution is 7.47. The van der Waals surface area contributed by atoms with Gasteiger partial charge in [0.2, 0.25) is 0 Å². The van der Waals surface area contributed by atoms with Gasteiger partial charge in [-0.3, -0.25) is 23.2 Å². The Balaban J connectivity index is 2.72. The van der Waals surface area contributed by atoms with Crippen molar-refractivity contribution in [1.29, 1.82) is 0 Å². The quantitative estimate of drug-likeness (QED) is 0.00953. The number of unbranched alkanes of at least 4 members (excludes halogenated alkanes) is 8. The molecule has 9 atom stereocenters. The van der Waals surface area contributed by atoms with Gasteiger partial charge in [0.05, 0.1) is 12.7 Å². The van der Waals surface area contributed by atoms with Gasteiger partial charge in [-0.05, 0) is 83.5 Å². The number of carbonyl (C=O) groups is 2. The summed E-state index contributed by atoms with van der Waals surface area (Å²) in [5, 5.41) is 51.4. The molecular weight excluding hydrogens is 922 g/mol. The first-order valence-electron chi connectivity index (χ1n) is 23.9. The average molecular weight is 1000 g/mol. The van der Waals surface area contributed by atoms with Gasteiger partial charge in [-0.1, -0.05) is 137 Å². The van der Waals surface area contributed by atoms with Crippen LogP contribution in [0.4, 0.5) is 0 Å². The van der Waals surface area contributed by atoms with E-state index in [9.17, 15) is 58.9 Å². The second-order valence-electron chi connectivity index (χ2n) is 16.3. The van der Waals surface area contributed by atoms with Crippen LogP contribution in [-0.4, -0.2) is 114 Å². The van der Waals surface area contributed by atoms with E-state index >= 15 is 0 Å². The summed E-state index contributed by atoms with van der Waals surface area (Å²) in [4.78, 5) is 54.2. The zero-order valence-corrected chi connectivity index (χ0v) is 41.6. The van der Waals surface area contributed by atoms with Crippen LogP contribution in [0.2, 0.25) is 0 Å². The molecule has 19 heteroatoms. The van der Waals surface area contributed by atoms with E-state index in [0.717, 1.165) is 38.5 Å². The van der Waals surface area contributed by atoms with Crippen molar-refractivity contribution in [2.45, 2.75) is 185 Å². The third-order valence-electron chi connectivity index (χ3n) is 10.2. The van der Waals surface area contributed by atoms with Gasteiger partial charge in [0.15, 0.2) is 6.10 Å². The lowest BCUT2D eigenvalue weighted by Gasteiger charge is -2.43. The van der Waals surface area contributed by atoms with Gasteiger partial charge in [-0.25, -0.2) is 9.13 Å². The molecule has 6 unspecified atom stereocenters. The van der Waals surface area contributed by atoms with Crippen molar-refractivity contribution >= 4 is 27.6 Å². The fraction of sp³-hybridized carbons (Fsp3) is 0.633. The van der Waals surface area contributed by atoms with Gasteiger partial charge in [0.25, 0.3) is 0 Å². The molecule has 17 nitrogen and oxygen atoms in total. The van der Waals surface area contributed by atoms with Gasteiger partial charge in [0.1, 0.15) is 43.2 Å². The molecule has 0 aromatic carbocycles. The number of esters is 2. The van der Waals surface area contributed by atoms with Crippen LogP contribution >= 0.6 is 15.6 Å². The Kier molecular flexibility index (Phi) is 35.7. The number of carbonyl (C=O) groups excluding carboxylic acids is 2. The third-order valence-corrected chi connectivity index (χ3v) is 11.7. The topological polar surface area (TPSA) is 276 Å². The number of ether oxygens (including phenoxy) is 2. The summed E-state index contributed by atoms with van der Waals surface area (Å²) >= 11 is 0. The normalized spacial score (nSPS) is 22.6. The van der Waals surface area contributed by atoms with Crippen molar-refractivity contribution in [3.05, 3.63) is 97.2 Å². The Morgan fingerprint density at radius 1 is 0.544 bits per heavy atom. The number of aliphatic hydroxyl groups is 5. The number of aliphatic hydroxyl groups excluding tert-OH is 5. The molecule has 0 spiro atoms. The lowest BCUT2D eigenvalue weighted by atomic mass is 9.85. The van der Waals surface area contributed by atoms with Gasteiger partial charge in [-0.2, -0.15) is 0 Å². The van der Waals surface area contributed by atoms with Crippen molar-refractivity contribution in [2.75, 3.05) is 13.2 Å². The number of hydrogen-bond donors (Lipinski definition) is 8. The molecule has 8 N–H and O–H groups in total. The van der Waals surface area contributed by atoms with Gasteiger partial charge < -0.3 is 49.7 Å². The molecule has 68 heavy (non-hydrogen) atoms. The highest BCUT2D eigenvalue weighted by atomic mass is 31.2. The Morgan fingerprint density at radius 2 is 1.01 bits per heavy atom. The van der Waals surface area contributed by atoms with Crippen LogP contribution in [0.3, 0.4) is 0 Å². The summed E-state index contributed by atoms with van der Waals surface area (Å²) < 4.78 is 49.2. The zero-order valence-electron chi connectivity index (χ0n) is 39.9. The van der Waals surface area contributed by atoms with Crippen molar-refractivity contribution in [3.63, 3.8) is 0 Å². The molecule has 0 radical (unpaired) electrons. The molecule has 1 aliphatic carbocycles. The largest absolute Gasteiger partial charge is 0.472 e. The second kappa shape index (κ2) is 38.6. The summed E-state index contributed by atoms with van der Waals surface area (Å²) in [5.74, 6) is -1.41. The van der Waals surface area contributed by atoms with Gasteiger partial charge in [-0.15, -0.1) is 0 Å². The molecule has 1 aliphatic rings. The van der Waals surface area contributed by atoms with Crippen molar-refractivity contribution < 1.29 is 82.0 Å². The van der Waals surface area contributed by atoms with Crippen molar-refractivity contribution in [3.8, 4) is 0 Å². The predicted octanol–water partition coefficient (Wildman–Crippen LogP) is 8.14. The highest BCUT2D eigenvalue weighted by Crippen LogP contribution is 2.49. The van der Waals surface area contributed by atoms with Crippen LogP contribution in [0.5, 0.6) is 0 Å². The highest BCUT2D eigenvalue weighted by Gasteiger charge is 2.54. The molecule has 0 aromatic rings. The Bertz CT molecular complexity index is 1700. The minimum absolute atomic E-state index is 0.00992. The number of phosphoric acid groups is 2. The lowest BCUT2D eigenvalue weighted by Crippen LogP contribution is -2.64. The molecule has 0 aromatic heterocycles. The third kappa shape index (κ3) is 32.6. The van der Waals surface area contributed by atoms with Crippen LogP contribution in [0.1, 0.15) is 136 Å². The predicted molar refractivity (Wildman–Crippen MR) is 261 cm³/mol. The first-order chi connectivity index (χ1) is 32.5. The first-order valence-corrected chi connectivity index (χ1v) is 26.9. The van der Waals surface area contributed by atoms with Gasteiger partial charge in [0, 0.05) is 12.8 Å². The van der Waals surface area contributed by atoms with Crippen LogP contribution in [0, 0.1) is 0 Å². The van der Waals surface area contributed by atoms with E-state index in [-0.39, 0.29) is 12.8 Å². The molecule has 0 aliphatic heterocycles. The minimum Gasteiger partial charge on any atom is -0.462 e. The standard InChI is InChI=1S/C49H80O17P2/c1-3-5-7-9-11-13-14-15-16-17-18-19-20-22-24-28-32-36-42(51)62-38-41(39-63-68(60,61)66-49-46(55)44(53)45(54)48(47(49)56)65-67(57,58)59)64-43(52)37-33-29-25-27-31-35-40(50)34-30-26-23-21-12-10-8-6-4-2/h11-13,15-16,18-19,21-22,24-27,30-31,35,40-41,44-50,53-56H,3-10,14,17,20,23,28-29,32-34,36-39H2,1-2H3,(H,60,61)(H2,57,58,59)/b13-11-,16-15-,19-18-,21-12-,24-22-,27-25+,30-26-,35-31-/t40?,41-,44?,45?,46?,47?,48-,49+/m1/s1. The summed E-state index contributed by atoms with van der Waals surface area (Å²) in [6.07, 6.45) is 31.1. The molecule has 388 valence electrons. The number of hydrogen-bond acceptors (Lipinski definition) is 14. The van der Waals surface area contributed by atoms with E-state index < -0.39 is 89.6 Å². The fourth-order valence-electron chi connectivity index (χ4n) is 6.44. The molecule has 0 saturated heterocycles. The van der Waals surface area contributed by atoms with Crippen LogP contribution < -0.4 is 0 Å². The number of phosphoric ester groups is 2. The zero-order chi connectivity index (χ0) is 50.5. The number of allylic oxidation sites excluding steroid dienone is 14. The van der Waals surface area contributed by atoms with E-state index in [2.05, 4.69) is 67.0 Å². The first kappa shape index (κ1) is 62.9. The second-order valence-corrected chi connectivity index (χ2v) is 18.9. The minimum atomic E-state index is -5.39. The Hall–Kier alpha value is -3.12. The maximum Gasteiger partial charge on any atom is 0.472 e. The fourth-order valence-corrected chi connectivity index (χ4v) is 7.98. The van der Waals surface area contributed by atoms with Crippen LogP contribution in [0.15, 0.2) is 97.2 Å². The summed E-state index contributed by atoms with van der Waals surface area (Å²) in [6, 6.07) is 0. The maximum absolute atomic E-state index is 13.0. The van der Waals surface area contributed by atoms with Gasteiger partial charge >= 0.3 is 27.6 Å². The molecule has 1 fully saturated rings. The van der Waals surface area contributed by atoms with E-state index in [1.54, 1.807) is 24.3 Å². The molecule has 0 amide bonds. The summed E-state index contributed by atoms with van der Waals surface area (Å²) in [5.41, 5.74) is 0. The summed E-state index contributed by atoms with van der Waals surface area (Å²) in [6.45, 7) is 2.87. The van der Waals surface area contributed by atoms with E-state index in [1.165, 1.54) is 38.5 Å². The van der Waals surface area contributed by atoms with E-state index in [1.807, 2.05) is 24.3 Å². The smallest absolute Gasteiger partial charge is 0.462 e. The van der Waals surface area contributed by atoms with E-state index in [0.29, 0.717) is 32.1 Å². The molecular formula is C49H80O17P2. The average Bonchev–Trinajstić information content (AvgIpc) is 3.29. The lowest BCUT2D eigenvalue weighted by molar-refractivity contribution is -0.216. The molecule has 1 rings (SSSR count).